The SMILES string of the molecule is NC(=O)C1CCN(C(=O)CCn2cccn2)CC1. The maximum absolute atomic E-state index is 11.9. The van der Waals surface area contributed by atoms with E-state index in [1.165, 1.54) is 0 Å². The zero-order valence-electron chi connectivity index (χ0n) is 10.3. The lowest BCUT2D eigenvalue weighted by Crippen LogP contribution is -2.41. The van der Waals surface area contributed by atoms with E-state index in [1.54, 1.807) is 10.9 Å². The van der Waals surface area contributed by atoms with Gasteiger partial charge in [0.2, 0.25) is 11.8 Å². The second-order valence-corrected chi connectivity index (χ2v) is 4.58. The number of carbonyl (C=O) groups is 2. The lowest BCUT2D eigenvalue weighted by molar-refractivity contribution is -0.135. The van der Waals surface area contributed by atoms with E-state index >= 15 is 0 Å². The Kier molecular flexibility index (Phi) is 3.96. The van der Waals surface area contributed by atoms with Gasteiger partial charge in [-0.2, -0.15) is 5.10 Å². The van der Waals surface area contributed by atoms with Crippen molar-refractivity contribution in [1.29, 1.82) is 0 Å². The Balaban J connectivity index is 1.75. The van der Waals surface area contributed by atoms with Crippen LogP contribution in [0.5, 0.6) is 0 Å². The minimum Gasteiger partial charge on any atom is -0.369 e. The predicted molar refractivity (Wildman–Crippen MR) is 65.3 cm³/mol. The van der Waals surface area contributed by atoms with E-state index in [4.69, 9.17) is 5.73 Å². The predicted octanol–water partition coefficient (Wildman–Crippen LogP) is -0.00290. The summed E-state index contributed by atoms with van der Waals surface area (Å²) in [5.74, 6) is -0.202. The molecule has 1 saturated heterocycles. The van der Waals surface area contributed by atoms with E-state index in [9.17, 15) is 9.59 Å². The molecule has 98 valence electrons. The van der Waals surface area contributed by atoms with Gasteiger partial charge in [0.25, 0.3) is 0 Å². The van der Waals surface area contributed by atoms with E-state index in [1.807, 2.05) is 17.2 Å². The van der Waals surface area contributed by atoms with Crippen molar-refractivity contribution in [3.05, 3.63) is 18.5 Å². The molecular formula is C12H18N4O2. The Labute approximate surface area is 106 Å². The maximum Gasteiger partial charge on any atom is 0.224 e. The molecule has 1 aromatic rings. The third-order valence-electron chi connectivity index (χ3n) is 3.36. The second-order valence-electron chi connectivity index (χ2n) is 4.58. The Morgan fingerprint density at radius 1 is 1.33 bits per heavy atom. The molecule has 6 nitrogen and oxygen atoms in total. The van der Waals surface area contributed by atoms with Gasteiger partial charge in [0.15, 0.2) is 0 Å². The zero-order chi connectivity index (χ0) is 13.0. The molecule has 0 bridgehead atoms. The maximum atomic E-state index is 11.9. The molecule has 0 aliphatic carbocycles. The number of piperidine rings is 1. The largest absolute Gasteiger partial charge is 0.369 e. The van der Waals surface area contributed by atoms with Gasteiger partial charge in [-0.25, -0.2) is 0 Å². The Hall–Kier alpha value is -1.85. The number of hydrogen-bond donors (Lipinski definition) is 1. The van der Waals surface area contributed by atoms with Crippen molar-refractivity contribution in [1.82, 2.24) is 14.7 Å². The van der Waals surface area contributed by atoms with Gasteiger partial charge in [-0.15, -0.1) is 0 Å². The Bertz CT molecular complexity index is 408. The van der Waals surface area contributed by atoms with Crippen molar-refractivity contribution in [2.45, 2.75) is 25.8 Å². The molecule has 0 spiro atoms. The van der Waals surface area contributed by atoms with Crippen molar-refractivity contribution in [2.24, 2.45) is 11.7 Å². The number of primary amides is 1. The van der Waals surface area contributed by atoms with Gasteiger partial charge in [0.05, 0.1) is 0 Å². The summed E-state index contributed by atoms with van der Waals surface area (Å²) in [6.07, 6.45) is 5.35. The standard InChI is InChI=1S/C12H18N4O2/c13-12(18)10-2-7-15(8-3-10)11(17)4-9-16-6-1-5-14-16/h1,5-6,10H,2-4,7-9H2,(H2,13,18). The first kappa shape index (κ1) is 12.6. The highest BCUT2D eigenvalue weighted by molar-refractivity contribution is 5.78. The minimum absolute atomic E-state index is 0.0693. The fraction of sp³-hybridized carbons (Fsp3) is 0.583. The van der Waals surface area contributed by atoms with Crippen LogP contribution in [0.3, 0.4) is 0 Å². The molecule has 2 heterocycles. The molecule has 1 fully saturated rings. The third kappa shape index (κ3) is 3.09. The van der Waals surface area contributed by atoms with Gasteiger partial charge >= 0.3 is 0 Å². The van der Waals surface area contributed by atoms with Crippen LogP contribution in [0.15, 0.2) is 18.5 Å². The molecule has 0 saturated carbocycles. The molecule has 2 amide bonds. The number of carbonyl (C=O) groups excluding carboxylic acids is 2. The lowest BCUT2D eigenvalue weighted by Gasteiger charge is -2.30. The summed E-state index contributed by atoms with van der Waals surface area (Å²) < 4.78 is 1.74. The number of rotatable bonds is 4. The summed E-state index contributed by atoms with van der Waals surface area (Å²) in [4.78, 5) is 24.8. The van der Waals surface area contributed by atoms with Gasteiger partial charge in [0, 0.05) is 44.4 Å². The molecule has 1 aromatic heterocycles. The quantitative estimate of drug-likeness (QED) is 0.816. The highest BCUT2D eigenvalue weighted by Crippen LogP contribution is 2.17. The Morgan fingerprint density at radius 2 is 2.06 bits per heavy atom. The van der Waals surface area contributed by atoms with Gasteiger partial charge in [-0.3, -0.25) is 14.3 Å². The summed E-state index contributed by atoms with van der Waals surface area (Å²) in [6, 6.07) is 1.84. The van der Waals surface area contributed by atoms with Crippen LogP contribution >= 0.6 is 0 Å². The van der Waals surface area contributed by atoms with E-state index < -0.39 is 0 Å². The van der Waals surface area contributed by atoms with Gasteiger partial charge < -0.3 is 10.6 Å². The smallest absolute Gasteiger partial charge is 0.224 e. The molecular weight excluding hydrogens is 232 g/mol. The van der Waals surface area contributed by atoms with Crippen LogP contribution in [0.4, 0.5) is 0 Å². The van der Waals surface area contributed by atoms with E-state index in [-0.39, 0.29) is 17.7 Å². The molecule has 0 atom stereocenters. The third-order valence-corrected chi connectivity index (χ3v) is 3.36. The summed E-state index contributed by atoms with van der Waals surface area (Å²) in [7, 11) is 0. The fourth-order valence-electron chi connectivity index (χ4n) is 2.21. The number of hydrogen-bond acceptors (Lipinski definition) is 3. The number of nitrogens with zero attached hydrogens (tertiary/aromatic N) is 3. The molecule has 0 aromatic carbocycles. The zero-order valence-corrected chi connectivity index (χ0v) is 10.3. The van der Waals surface area contributed by atoms with Crippen molar-refractivity contribution in [3.63, 3.8) is 0 Å². The number of aromatic nitrogens is 2. The van der Waals surface area contributed by atoms with Crippen LogP contribution in [0.1, 0.15) is 19.3 Å². The average molecular weight is 250 g/mol. The first-order valence-electron chi connectivity index (χ1n) is 6.21. The number of nitrogens with two attached hydrogens (primary N) is 1. The first-order chi connectivity index (χ1) is 8.66. The lowest BCUT2D eigenvalue weighted by atomic mass is 9.96. The van der Waals surface area contributed by atoms with Crippen LogP contribution < -0.4 is 5.73 Å². The summed E-state index contributed by atoms with van der Waals surface area (Å²) in [5, 5.41) is 4.05. The highest BCUT2D eigenvalue weighted by atomic mass is 16.2. The normalized spacial score (nSPS) is 16.8. The second kappa shape index (κ2) is 5.66. The average Bonchev–Trinajstić information content (AvgIpc) is 2.89. The molecule has 1 aliphatic rings. The molecule has 1 aliphatic heterocycles. The van der Waals surface area contributed by atoms with Crippen LogP contribution in [0.2, 0.25) is 0 Å². The van der Waals surface area contributed by atoms with Crippen molar-refractivity contribution in [2.75, 3.05) is 13.1 Å². The monoisotopic (exact) mass is 250 g/mol. The van der Waals surface area contributed by atoms with Crippen LogP contribution in [0, 0.1) is 5.92 Å². The van der Waals surface area contributed by atoms with Crippen LogP contribution in [0.25, 0.3) is 0 Å². The van der Waals surface area contributed by atoms with Gasteiger partial charge in [-0.1, -0.05) is 0 Å². The summed E-state index contributed by atoms with van der Waals surface area (Å²) >= 11 is 0. The Morgan fingerprint density at radius 3 is 2.61 bits per heavy atom. The van der Waals surface area contributed by atoms with Gasteiger partial charge in [-0.05, 0) is 18.9 Å². The van der Waals surface area contributed by atoms with E-state index in [2.05, 4.69) is 5.10 Å². The van der Waals surface area contributed by atoms with Crippen LogP contribution in [-0.2, 0) is 16.1 Å². The summed E-state index contributed by atoms with van der Waals surface area (Å²) in [6.45, 7) is 1.86. The van der Waals surface area contributed by atoms with Crippen LogP contribution in [-0.4, -0.2) is 39.6 Å². The van der Waals surface area contributed by atoms with Gasteiger partial charge in [0.1, 0.15) is 0 Å². The molecule has 0 radical (unpaired) electrons. The molecule has 6 heteroatoms. The topological polar surface area (TPSA) is 81.2 Å². The van der Waals surface area contributed by atoms with Crippen molar-refractivity contribution >= 4 is 11.8 Å². The number of likely N-dealkylation sites (tertiary alicyclic amines) is 1. The van der Waals surface area contributed by atoms with E-state index in [0.717, 1.165) is 0 Å². The van der Waals surface area contributed by atoms with E-state index in [0.29, 0.717) is 38.9 Å². The summed E-state index contributed by atoms with van der Waals surface area (Å²) in [5.41, 5.74) is 5.26. The first-order valence-corrected chi connectivity index (χ1v) is 6.21. The molecule has 0 unspecified atom stereocenters. The van der Waals surface area contributed by atoms with Crippen molar-refractivity contribution < 1.29 is 9.59 Å². The number of aryl methyl sites for hydroxylation is 1. The molecule has 2 rings (SSSR count). The minimum atomic E-state index is -0.251. The number of amides is 2. The molecule has 2 N–H and O–H groups in total. The molecule has 18 heavy (non-hydrogen) atoms. The fourth-order valence-corrected chi connectivity index (χ4v) is 2.21. The highest BCUT2D eigenvalue weighted by Gasteiger charge is 2.25. The van der Waals surface area contributed by atoms with Crippen molar-refractivity contribution in [3.8, 4) is 0 Å².